The van der Waals surface area contributed by atoms with Gasteiger partial charge in [0.2, 0.25) is 0 Å². The van der Waals surface area contributed by atoms with Gasteiger partial charge in [0.25, 0.3) is 0 Å². The lowest BCUT2D eigenvalue weighted by atomic mass is 10.0. The van der Waals surface area contributed by atoms with E-state index in [9.17, 15) is 0 Å². The van der Waals surface area contributed by atoms with Crippen molar-refractivity contribution in [3.05, 3.63) is 0 Å². The fourth-order valence-electron chi connectivity index (χ4n) is 1.30. The summed E-state index contributed by atoms with van der Waals surface area (Å²) in [5, 5.41) is 3.30. The Labute approximate surface area is 63.0 Å². The molecule has 10 heavy (non-hydrogen) atoms. The number of rotatable bonds is 3. The number of ether oxygens (including phenoxy) is 1. The Morgan fingerprint density at radius 3 is 2.90 bits per heavy atom. The fourth-order valence-corrected chi connectivity index (χ4v) is 1.30. The molecule has 2 heteroatoms. The van der Waals surface area contributed by atoms with Gasteiger partial charge in [-0.1, -0.05) is 13.8 Å². The van der Waals surface area contributed by atoms with Crippen LogP contribution >= 0.6 is 0 Å². The van der Waals surface area contributed by atoms with Gasteiger partial charge in [0.15, 0.2) is 0 Å². The number of hydrogen-bond donors (Lipinski definition) is 1. The number of likely N-dealkylation sites (N-methyl/N-ethyl adjacent to an activating group) is 1. The standard InChI is InChI=1S/C8H17NO/c1-3-9-6-8-7(2)4-5-10-8/h7-9H,3-6H2,1-2H3. The third kappa shape index (κ3) is 1.96. The van der Waals surface area contributed by atoms with Crippen LogP contribution in [0.5, 0.6) is 0 Å². The van der Waals surface area contributed by atoms with Gasteiger partial charge in [0.1, 0.15) is 0 Å². The minimum absolute atomic E-state index is 0.472. The number of nitrogens with one attached hydrogen (secondary N) is 1. The van der Waals surface area contributed by atoms with Gasteiger partial charge in [-0.25, -0.2) is 0 Å². The fraction of sp³-hybridized carbons (Fsp3) is 1.00. The van der Waals surface area contributed by atoms with E-state index in [1.165, 1.54) is 6.42 Å². The molecule has 0 aromatic carbocycles. The molecule has 1 aliphatic heterocycles. The van der Waals surface area contributed by atoms with E-state index < -0.39 is 0 Å². The molecule has 0 saturated carbocycles. The van der Waals surface area contributed by atoms with Crippen LogP contribution in [0.2, 0.25) is 0 Å². The number of hydrogen-bond acceptors (Lipinski definition) is 2. The Kier molecular flexibility index (Phi) is 3.16. The van der Waals surface area contributed by atoms with Crippen molar-refractivity contribution in [3.63, 3.8) is 0 Å². The Hall–Kier alpha value is -0.0800. The predicted octanol–water partition coefficient (Wildman–Crippen LogP) is 1.02. The van der Waals surface area contributed by atoms with Crippen LogP contribution in [0, 0.1) is 5.92 Å². The Balaban J connectivity index is 2.14. The summed E-state index contributed by atoms with van der Waals surface area (Å²) < 4.78 is 5.50. The first-order valence-corrected chi connectivity index (χ1v) is 4.17. The zero-order valence-corrected chi connectivity index (χ0v) is 6.89. The van der Waals surface area contributed by atoms with Crippen LogP contribution in [0.15, 0.2) is 0 Å². The maximum atomic E-state index is 5.50. The van der Waals surface area contributed by atoms with Crippen LogP contribution in [0.3, 0.4) is 0 Å². The van der Waals surface area contributed by atoms with E-state index in [1.54, 1.807) is 0 Å². The maximum absolute atomic E-state index is 5.50. The van der Waals surface area contributed by atoms with E-state index in [0.29, 0.717) is 6.10 Å². The van der Waals surface area contributed by atoms with Gasteiger partial charge in [-0.3, -0.25) is 0 Å². The van der Waals surface area contributed by atoms with Gasteiger partial charge in [-0.15, -0.1) is 0 Å². The molecule has 1 aliphatic rings. The molecule has 2 unspecified atom stereocenters. The van der Waals surface area contributed by atoms with E-state index in [1.807, 2.05) is 0 Å². The second kappa shape index (κ2) is 3.94. The van der Waals surface area contributed by atoms with Crippen LogP contribution in [0.25, 0.3) is 0 Å². The van der Waals surface area contributed by atoms with Crippen LogP contribution < -0.4 is 5.32 Å². The third-order valence-electron chi connectivity index (χ3n) is 2.14. The van der Waals surface area contributed by atoms with Gasteiger partial charge in [-0.05, 0) is 18.9 Å². The Morgan fingerprint density at radius 1 is 1.60 bits per heavy atom. The molecule has 1 fully saturated rings. The van der Waals surface area contributed by atoms with Crippen LogP contribution in [-0.2, 0) is 4.74 Å². The third-order valence-corrected chi connectivity index (χ3v) is 2.14. The average Bonchev–Trinajstić information content (AvgIpc) is 2.31. The molecule has 0 spiro atoms. The SMILES string of the molecule is CCNCC1OCCC1C. The Bertz CT molecular complexity index is 95.3. The molecule has 1 heterocycles. The lowest BCUT2D eigenvalue weighted by Gasteiger charge is -2.13. The van der Waals surface area contributed by atoms with Crippen molar-refractivity contribution in [1.29, 1.82) is 0 Å². The molecular formula is C8H17NO. The summed E-state index contributed by atoms with van der Waals surface area (Å²) in [5.74, 6) is 0.749. The molecule has 1 saturated heterocycles. The summed E-state index contributed by atoms with van der Waals surface area (Å²) in [6.45, 7) is 7.41. The minimum atomic E-state index is 0.472. The highest BCUT2D eigenvalue weighted by molar-refractivity contribution is 4.73. The van der Waals surface area contributed by atoms with Crippen LogP contribution in [0.4, 0.5) is 0 Å². The van der Waals surface area contributed by atoms with Crippen molar-refractivity contribution in [2.45, 2.75) is 26.4 Å². The summed E-state index contributed by atoms with van der Waals surface area (Å²) >= 11 is 0. The first-order valence-electron chi connectivity index (χ1n) is 4.17. The first kappa shape index (κ1) is 8.02. The topological polar surface area (TPSA) is 21.3 Å². The van der Waals surface area contributed by atoms with Gasteiger partial charge < -0.3 is 10.1 Å². The summed E-state index contributed by atoms with van der Waals surface area (Å²) in [6.07, 6.45) is 1.70. The van der Waals surface area contributed by atoms with Crippen molar-refractivity contribution in [1.82, 2.24) is 5.32 Å². The van der Waals surface area contributed by atoms with E-state index >= 15 is 0 Å². The molecule has 0 aliphatic carbocycles. The van der Waals surface area contributed by atoms with Gasteiger partial charge in [0, 0.05) is 13.2 Å². The van der Waals surface area contributed by atoms with Gasteiger partial charge >= 0.3 is 0 Å². The minimum Gasteiger partial charge on any atom is -0.377 e. The molecule has 0 bridgehead atoms. The summed E-state index contributed by atoms with van der Waals surface area (Å²) in [4.78, 5) is 0. The highest BCUT2D eigenvalue weighted by Gasteiger charge is 2.22. The molecule has 2 nitrogen and oxygen atoms in total. The van der Waals surface area contributed by atoms with Crippen molar-refractivity contribution in [2.24, 2.45) is 5.92 Å². The summed E-state index contributed by atoms with van der Waals surface area (Å²) in [5.41, 5.74) is 0. The normalized spacial score (nSPS) is 33.0. The molecule has 0 aromatic rings. The van der Waals surface area contributed by atoms with Gasteiger partial charge in [-0.2, -0.15) is 0 Å². The molecule has 1 rings (SSSR count). The summed E-state index contributed by atoms with van der Waals surface area (Å²) in [6, 6.07) is 0. The second-order valence-corrected chi connectivity index (χ2v) is 2.98. The average molecular weight is 143 g/mol. The zero-order valence-electron chi connectivity index (χ0n) is 6.89. The maximum Gasteiger partial charge on any atom is 0.0725 e. The van der Waals surface area contributed by atoms with Gasteiger partial charge in [0.05, 0.1) is 6.10 Å². The quantitative estimate of drug-likeness (QED) is 0.637. The molecule has 0 radical (unpaired) electrons. The van der Waals surface area contributed by atoms with Crippen molar-refractivity contribution >= 4 is 0 Å². The van der Waals surface area contributed by atoms with E-state index in [2.05, 4.69) is 19.2 Å². The Morgan fingerprint density at radius 2 is 2.40 bits per heavy atom. The van der Waals surface area contributed by atoms with Crippen LogP contribution in [0.1, 0.15) is 20.3 Å². The van der Waals surface area contributed by atoms with E-state index in [4.69, 9.17) is 4.74 Å². The predicted molar refractivity (Wildman–Crippen MR) is 42.1 cm³/mol. The lowest BCUT2D eigenvalue weighted by Crippen LogP contribution is -2.29. The molecule has 0 aromatic heterocycles. The molecular weight excluding hydrogens is 126 g/mol. The smallest absolute Gasteiger partial charge is 0.0725 e. The van der Waals surface area contributed by atoms with E-state index in [-0.39, 0.29) is 0 Å². The van der Waals surface area contributed by atoms with Crippen molar-refractivity contribution in [3.8, 4) is 0 Å². The lowest BCUT2D eigenvalue weighted by molar-refractivity contribution is 0.0939. The van der Waals surface area contributed by atoms with E-state index in [0.717, 1.165) is 25.6 Å². The summed E-state index contributed by atoms with van der Waals surface area (Å²) in [7, 11) is 0. The first-order chi connectivity index (χ1) is 4.84. The molecule has 0 amide bonds. The van der Waals surface area contributed by atoms with Crippen LogP contribution in [-0.4, -0.2) is 25.8 Å². The molecule has 2 atom stereocenters. The second-order valence-electron chi connectivity index (χ2n) is 2.98. The molecule has 1 N–H and O–H groups in total. The monoisotopic (exact) mass is 143 g/mol. The van der Waals surface area contributed by atoms with Crippen molar-refractivity contribution in [2.75, 3.05) is 19.7 Å². The largest absolute Gasteiger partial charge is 0.377 e. The zero-order chi connectivity index (χ0) is 7.40. The molecule has 60 valence electrons. The highest BCUT2D eigenvalue weighted by atomic mass is 16.5. The highest BCUT2D eigenvalue weighted by Crippen LogP contribution is 2.18. The van der Waals surface area contributed by atoms with Crippen molar-refractivity contribution < 1.29 is 4.74 Å².